The Morgan fingerprint density at radius 3 is 2.35 bits per heavy atom. The maximum absolute atomic E-state index is 13.5. The van der Waals surface area contributed by atoms with Gasteiger partial charge in [0.05, 0.1) is 16.6 Å². The van der Waals surface area contributed by atoms with Crippen molar-refractivity contribution < 1.29 is 12.8 Å². The fraction of sp³-hybridized carbons (Fsp3) is 0.133. The first-order valence-corrected chi connectivity index (χ1v) is 8.67. The van der Waals surface area contributed by atoms with Crippen LogP contribution in [-0.2, 0) is 10.0 Å². The van der Waals surface area contributed by atoms with Gasteiger partial charge >= 0.3 is 0 Å². The molecule has 1 atom stereocenters. The van der Waals surface area contributed by atoms with E-state index >= 15 is 0 Å². The third-order valence-corrected chi connectivity index (χ3v) is 4.33. The van der Waals surface area contributed by atoms with Gasteiger partial charge in [-0.2, -0.15) is 0 Å². The number of primary sulfonamides is 1. The molecule has 0 fully saturated rings. The van der Waals surface area contributed by atoms with E-state index in [1.54, 1.807) is 30.3 Å². The molecular formula is C15H16FN3O2S2. The van der Waals surface area contributed by atoms with Crippen molar-refractivity contribution >= 4 is 33.0 Å². The van der Waals surface area contributed by atoms with E-state index in [1.165, 1.54) is 18.2 Å². The smallest absolute Gasteiger partial charge is 0.238 e. The normalized spacial score (nSPS) is 12.5. The van der Waals surface area contributed by atoms with E-state index < -0.39 is 15.8 Å². The van der Waals surface area contributed by atoms with Crippen molar-refractivity contribution in [2.75, 3.05) is 5.32 Å². The fourth-order valence-corrected chi connectivity index (χ4v) is 2.75. The summed E-state index contributed by atoms with van der Waals surface area (Å²) in [7, 11) is -3.71. The minimum absolute atomic E-state index is 0.0421. The fourth-order valence-electron chi connectivity index (χ4n) is 1.95. The van der Waals surface area contributed by atoms with E-state index in [-0.39, 0.29) is 21.7 Å². The summed E-state index contributed by atoms with van der Waals surface area (Å²) in [5.41, 5.74) is 1.09. The van der Waals surface area contributed by atoms with Gasteiger partial charge in [0, 0.05) is 0 Å². The summed E-state index contributed by atoms with van der Waals surface area (Å²) >= 11 is 5.15. The second-order valence-corrected chi connectivity index (χ2v) is 6.88. The van der Waals surface area contributed by atoms with Crippen molar-refractivity contribution in [1.29, 1.82) is 0 Å². The van der Waals surface area contributed by atoms with Crippen molar-refractivity contribution in [3.63, 3.8) is 0 Å². The number of rotatable bonds is 4. The molecule has 0 spiro atoms. The summed E-state index contributed by atoms with van der Waals surface area (Å²) in [6.07, 6.45) is 0. The van der Waals surface area contributed by atoms with E-state index in [9.17, 15) is 12.8 Å². The Morgan fingerprint density at radius 1 is 1.17 bits per heavy atom. The van der Waals surface area contributed by atoms with Crippen molar-refractivity contribution in [2.24, 2.45) is 5.14 Å². The molecule has 5 nitrogen and oxygen atoms in total. The van der Waals surface area contributed by atoms with Gasteiger partial charge < -0.3 is 10.6 Å². The lowest BCUT2D eigenvalue weighted by atomic mass is 10.1. The number of nitrogens with two attached hydrogens (primary N) is 1. The summed E-state index contributed by atoms with van der Waals surface area (Å²) < 4.78 is 36.0. The molecule has 0 aliphatic rings. The zero-order valence-corrected chi connectivity index (χ0v) is 13.9. The second-order valence-electron chi connectivity index (χ2n) is 4.91. The molecule has 2 rings (SSSR count). The van der Waals surface area contributed by atoms with Gasteiger partial charge in [-0.25, -0.2) is 17.9 Å². The highest BCUT2D eigenvalue weighted by Gasteiger charge is 2.11. The first-order chi connectivity index (χ1) is 10.8. The molecule has 0 unspecified atom stereocenters. The molecular weight excluding hydrogens is 337 g/mol. The molecule has 0 bridgehead atoms. The SMILES string of the molecule is C[C@H](NC(=S)Nc1ccccc1F)c1ccc(S(N)(=O)=O)cc1. The lowest BCUT2D eigenvalue weighted by Gasteiger charge is -2.18. The average Bonchev–Trinajstić information content (AvgIpc) is 2.49. The second kappa shape index (κ2) is 7.03. The molecule has 0 aromatic heterocycles. The van der Waals surface area contributed by atoms with Crippen LogP contribution >= 0.6 is 12.2 Å². The number of anilines is 1. The number of benzene rings is 2. The third-order valence-electron chi connectivity index (χ3n) is 3.18. The Balaban J connectivity index is 2.02. The molecule has 0 saturated heterocycles. The standard InChI is InChI=1S/C15H16FN3O2S2/c1-10(11-6-8-12(9-7-11)23(17,20)21)18-15(22)19-14-5-3-2-4-13(14)16/h2-10H,1H3,(H2,17,20,21)(H2,18,19,22)/t10-/m0/s1. The highest BCUT2D eigenvalue weighted by Crippen LogP contribution is 2.17. The highest BCUT2D eigenvalue weighted by molar-refractivity contribution is 7.89. The van der Waals surface area contributed by atoms with Crippen LogP contribution in [0.1, 0.15) is 18.5 Å². The average molecular weight is 353 g/mol. The number of sulfonamides is 1. The van der Waals surface area contributed by atoms with Gasteiger partial charge in [0.1, 0.15) is 5.82 Å². The van der Waals surface area contributed by atoms with E-state index in [4.69, 9.17) is 17.4 Å². The predicted molar refractivity (Wildman–Crippen MR) is 92.0 cm³/mol. The molecule has 2 aromatic carbocycles. The number of hydrogen-bond acceptors (Lipinski definition) is 3. The quantitative estimate of drug-likeness (QED) is 0.736. The Hall–Kier alpha value is -2.03. The number of nitrogens with one attached hydrogen (secondary N) is 2. The summed E-state index contributed by atoms with van der Waals surface area (Å²) in [6, 6.07) is 12.1. The number of hydrogen-bond donors (Lipinski definition) is 3. The van der Waals surface area contributed by atoms with Crippen LogP contribution in [0.4, 0.5) is 10.1 Å². The van der Waals surface area contributed by atoms with Crippen molar-refractivity contribution in [1.82, 2.24) is 5.32 Å². The summed E-state index contributed by atoms with van der Waals surface area (Å²) in [5, 5.41) is 11.1. The van der Waals surface area contributed by atoms with Gasteiger partial charge in [-0.15, -0.1) is 0 Å². The van der Waals surface area contributed by atoms with Crippen molar-refractivity contribution in [2.45, 2.75) is 17.9 Å². The van der Waals surface area contributed by atoms with Gasteiger partial charge in [0.15, 0.2) is 5.11 Å². The van der Waals surface area contributed by atoms with Gasteiger partial charge in [0.2, 0.25) is 10.0 Å². The monoisotopic (exact) mass is 353 g/mol. The van der Waals surface area contributed by atoms with Crippen LogP contribution in [0.15, 0.2) is 53.4 Å². The van der Waals surface area contributed by atoms with Crippen LogP contribution in [0.5, 0.6) is 0 Å². The molecule has 4 N–H and O–H groups in total. The van der Waals surface area contributed by atoms with Crippen LogP contribution in [0.25, 0.3) is 0 Å². The lowest BCUT2D eigenvalue weighted by Crippen LogP contribution is -2.31. The van der Waals surface area contributed by atoms with Crippen LogP contribution in [0.2, 0.25) is 0 Å². The van der Waals surface area contributed by atoms with E-state index in [2.05, 4.69) is 10.6 Å². The number of para-hydroxylation sites is 1. The number of thiocarbonyl (C=S) groups is 1. The Kier molecular flexibility index (Phi) is 5.30. The molecule has 0 radical (unpaired) electrons. The zero-order chi connectivity index (χ0) is 17.0. The topological polar surface area (TPSA) is 84.2 Å². The molecule has 23 heavy (non-hydrogen) atoms. The minimum atomic E-state index is -3.71. The Morgan fingerprint density at radius 2 is 1.78 bits per heavy atom. The van der Waals surface area contributed by atoms with E-state index in [0.29, 0.717) is 0 Å². The first kappa shape index (κ1) is 17.3. The number of halogens is 1. The first-order valence-electron chi connectivity index (χ1n) is 6.72. The lowest BCUT2D eigenvalue weighted by molar-refractivity contribution is 0.597. The molecule has 0 aliphatic heterocycles. The summed E-state index contributed by atoms with van der Waals surface area (Å²) in [4.78, 5) is 0.0421. The summed E-state index contributed by atoms with van der Waals surface area (Å²) in [6.45, 7) is 1.85. The maximum atomic E-state index is 13.5. The largest absolute Gasteiger partial charge is 0.356 e. The minimum Gasteiger partial charge on any atom is -0.356 e. The van der Waals surface area contributed by atoms with Crippen molar-refractivity contribution in [3.05, 3.63) is 59.9 Å². The highest BCUT2D eigenvalue weighted by atomic mass is 32.2. The van der Waals surface area contributed by atoms with E-state index in [0.717, 1.165) is 5.56 Å². The summed E-state index contributed by atoms with van der Waals surface area (Å²) in [5.74, 6) is -0.401. The van der Waals surface area contributed by atoms with Gasteiger partial charge in [-0.05, 0) is 49.0 Å². The van der Waals surface area contributed by atoms with Crippen LogP contribution in [0, 0.1) is 5.82 Å². The molecule has 0 aliphatic carbocycles. The molecule has 8 heteroatoms. The van der Waals surface area contributed by atoms with Gasteiger partial charge in [-0.3, -0.25) is 0 Å². The van der Waals surface area contributed by atoms with Crippen molar-refractivity contribution in [3.8, 4) is 0 Å². The van der Waals surface area contributed by atoms with E-state index in [1.807, 2.05) is 6.92 Å². The molecule has 122 valence electrons. The van der Waals surface area contributed by atoms with Gasteiger partial charge in [0.25, 0.3) is 0 Å². The predicted octanol–water partition coefficient (Wildman–Crippen LogP) is 2.52. The van der Waals surface area contributed by atoms with Crippen LogP contribution < -0.4 is 15.8 Å². The molecule has 0 amide bonds. The third kappa shape index (κ3) is 4.72. The Labute approximate surface area is 139 Å². The molecule has 0 saturated carbocycles. The maximum Gasteiger partial charge on any atom is 0.238 e. The molecule has 0 heterocycles. The Bertz CT molecular complexity index is 808. The van der Waals surface area contributed by atoms with Crippen LogP contribution in [0.3, 0.4) is 0 Å². The molecule has 2 aromatic rings. The van der Waals surface area contributed by atoms with Crippen LogP contribution in [-0.4, -0.2) is 13.5 Å². The van der Waals surface area contributed by atoms with Gasteiger partial charge in [-0.1, -0.05) is 24.3 Å². The zero-order valence-electron chi connectivity index (χ0n) is 12.3.